The van der Waals surface area contributed by atoms with Crippen molar-refractivity contribution in [1.82, 2.24) is 19.1 Å². The second kappa shape index (κ2) is 7.02. The lowest BCUT2D eigenvalue weighted by molar-refractivity contribution is -0.140. The first-order valence-electron chi connectivity index (χ1n) is 8.97. The average molecular weight is 408 g/mol. The van der Waals surface area contributed by atoms with Crippen molar-refractivity contribution in [3.8, 4) is 11.1 Å². The summed E-state index contributed by atoms with van der Waals surface area (Å²) in [7, 11) is 0. The Labute approximate surface area is 162 Å². The molecule has 1 saturated heterocycles. The highest BCUT2D eigenvalue weighted by atomic mass is 19.4. The van der Waals surface area contributed by atoms with Crippen molar-refractivity contribution in [3.63, 3.8) is 0 Å². The van der Waals surface area contributed by atoms with E-state index in [1.807, 2.05) is 0 Å². The number of likely N-dealkylation sites (tertiary alicyclic amines) is 1. The summed E-state index contributed by atoms with van der Waals surface area (Å²) in [6, 6.07) is 2.52. The lowest BCUT2D eigenvalue weighted by Gasteiger charge is -2.16. The quantitative estimate of drug-likeness (QED) is 0.627. The molecule has 3 aromatic rings. The summed E-state index contributed by atoms with van der Waals surface area (Å²) in [6.45, 7) is 1.12. The molecule has 6 nitrogen and oxygen atoms in total. The molecule has 1 amide bonds. The van der Waals surface area contributed by atoms with Crippen molar-refractivity contribution in [1.29, 1.82) is 0 Å². The zero-order chi connectivity index (χ0) is 20.8. The van der Waals surface area contributed by atoms with Gasteiger partial charge in [-0.05, 0) is 30.5 Å². The summed E-state index contributed by atoms with van der Waals surface area (Å²) in [5, 5.41) is 4.00. The minimum atomic E-state index is -4.87. The molecule has 0 aliphatic carbocycles. The fraction of sp³-hybridized carbons (Fsp3) is 0.316. The van der Waals surface area contributed by atoms with Gasteiger partial charge in [0.1, 0.15) is 17.9 Å². The molecule has 0 bridgehead atoms. The number of rotatable bonds is 3. The van der Waals surface area contributed by atoms with Gasteiger partial charge >= 0.3 is 6.18 Å². The maximum absolute atomic E-state index is 13.6. The molecule has 1 aromatic carbocycles. The van der Waals surface area contributed by atoms with Crippen molar-refractivity contribution < 1.29 is 22.4 Å². The SMILES string of the molecule is O=C(Cn1ccn2ncc(-c3ccc(F)c(C(F)(F)F)c3)c2c1=O)N1CCCC1. The molecule has 1 aliphatic heterocycles. The summed E-state index contributed by atoms with van der Waals surface area (Å²) >= 11 is 0. The van der Waals surface area contributed by atoms with Crippen LogP contribution in [-0.4, -0.2) is 38.1 Å². The third kappa shape index (κ3) is 3.50. The number of amides is 1. The molecule has 10 heteroatoms. The van der Waals surface area contributed by atoms with E-state index in [1.165, 1.54) is 27.7 Å². The van der Waals surface area contributed by atoms with E-state index in [-0.39, 0.29) is 29.1 Å². The van der Waals surface area contributed by atoms with Crippen molar-refractivity contribution in [2.45, 2.75) is 25.6 Å². The number of alkyl halides is 3. The van der Waals surface area contributed by atoms with Crippen LogP contribution in [0.25, 0.3) is 16.6 Å². The smallest absolute Gasteiger partial charge is 0.341 e. The van der Waals surface area contributed by atoms with E-state index in [9.17, 15) is 27.2 Å². The fourth-order valence-corrected chi connectivity index (χ4v) is 3.49. The molecule has 0 saturated carbocycles. The number of nitrogens with zero attached hydrogens (tertiary/aromatic N) is 4. The molecule has 4 rings (SSSR count). The average Bonchev–Trinajstić information content (AvgIpc) is 3.33. The molecular weight excluding hydrogens is 392 g/mol. The molecule has 1 fully saturated rings. The predicted molar refractivity (Wildman–Crippen MR) is 95.7 cm³/mol. The molecule has 0 N–H and O–H groups in total. The van der Waals surface area contributed by atoms with Crippen LogP contribution in [0.5, 0.6) is 0 Å². The maximum atomic E-state index is 13.6. The number of halogens is 4. The Hall–Kier alpha value is -3.17. The molecular formula is C19H16F4N4O2. The largest absolute Gasteiger partial charge is 0.419 e. The molecule has 3 heterocycles. The number of hydrogen-bond acceptors (Lipinski definition) is 3. The molecule has 1 aliphatic rings. The number of aromatic nitrogens is 3. The summed E-state index contributed by atoms with van der Waals surface area (Å²) in [4.78, 5) is 27.0. The van der Waals surface area contributed by atoms with Crippen LogP contribution in [0.4, 0.5) is 17.6 Å². The van der Waals surface area contributed by atoms with Gasteiger partial charge in [0, 0.05) is 31.0 Å². The Morgan fingerprint density at radius 1 is 1.14 bits per heavy atom. The zero-order valence-corrected chi connectivity index (χ0v) is 15.1. The molecule has 0 atom stereocenters. The van der Waals surface area contributed by atoms with Gasteiger partial charge in [-0.1, -0.05) is 6.07 Å². The van der Waals surface area contributed by atoms with Gasteiger partial charge in [0.15, 0.2) is 0 Å². The second-order valence-electron chi connectivity index (χ2n) is 6.86. The van der Waals surface area contributed by atoms with Crippen LogP contribution in [0.15, 0.2) is 41.6 Å². The van der Waals surface area contributed by atoms with Crippen molar-refractivity contribution >= 4 is 11.4 Å². The van der Waals surface area contributed by atoms with Crippen molar-refractivity contribution in [2.24, 2.45) is 0 Å². The van der Waals surface area contributed by atoms with Crippen LogP contribution in [-0.2, 0) is 17.5 Å². The first-order valence-corrected chi connectivity index (χ1v) is 8.97. The molecule has 0 unspecified atom stereocenters. The first kappa shape index (κ1) is 19.2. The van der Waals surface area contributed by atoms with Gasteiger partial charge < -0.3 is 9.47 Å². The molecule has 0 radical (unpaired) electrons. The van der Waals surface area contributed by atoms with E-state index in [2.05, 4.69) is 5.10 Å². The first-order chi connectivity index (χ1) is 13.8. The number of carbonyl (C=O) groups excluding carboxylic acids is 1. The highest BCUT2D eigenvalue weighted by molar-refractivity contribution is 5.80. The number of hydrogen-bond donors (Lipinski definition) is 0. The van der Waals surface area contributed by atoms with Crippen LogP contribution >= 0.6 is 0 Å². The standard InChI is InChI=1S/C19H16F4N4O2/c20-15-4-3-12(9-14(15)19(21,22)23)13-10-24-27-8-7-26(18(29)17(13)27)11-16(28)25-5-1-2-6-25/h3-4,7-10H,1-2,5-6,11H2. The normalized spacial score (nSPS) is 14.7. The van der Waals surface area contributed by atoms with E-state index in [0.717, 1.165) is 18.9 Å². The van der Waals surface area contributed by atoms with E-state index in [4.69, 9.17) is 0 Å². The van der Waals surface area contributed by atoms with Gasteiger partial charge in [-0.15, -0.1) is 0 Å². The van der Waals surface area contributed by atoms with E-state index >= 15 is 0 Å². The highest BCUT2D eigenvalue weighted by Gasteiger charge is 2.34. The van der Waals surface area contributed by atoms with Crippen LogP contribution in [0.2, 0.25) is 0 Å². The Kier molecular flexibility index (Phi) is 4.64. The Morgan fingerprint density at radius 3 is 2.55 bits per heavy atom. The van der Waals surface area contributed by atoms with Gasteiger partial charge in [0.2, 0.25) is 5.91 Å². The van der Waals surface area contributed by atoms with Crippen LogP contribution in [0.3, 0.4) is 0 Å². The third-order valence-corrected chi connectivity index (χ3v) is 4.99. The molecule has 2 aromatic heterocycles. The Bertz CT molecular complexity index is 1140. The predicted octanol–water partition coefficient (Wildman–Crippen LogP) is 2.94. The maximum Gasteiger partial charge on any atom is 0.419 e. The number of fused-ring (bicyclic) bond motifs is 1. The van der Waals surface area contributed by atoms with Crippen LogP contribution in [0, 0.1) is 5.82 Å². The van der Waals surface area contributed by atoms with Gasteiger partial charge in [-0.2, -0.15) is 18.3 Å². The second-order valence-corrected chi connectivity index (χ2v) is 6.86. The minimum absolute atomic E-state index is 0.00874. The van der Waals surface area contributed by atoms with Crippen molar-refractivity contribution in [2.75, 3.05) is 13.1 Å². The Morgan fingerprint density at radius 2 is 1.86 bits per heavy atom. The third-order valence-electron chi connectivity index (χ3n) is 4.99. The molecule has 29 heavy (non-hydrogen) atoms. The topological polar surface area (TPSA) is 59.6 Å². The van der Waals surface area contributed by atoms with Gasteiger partial charge in [0.05, 0.1) is 11.8 Å². The Balaban J connectivity index is 1.77. The minimum Gasteiger partial charge on any atom is -0.341 e. The summed E-state index contributed by atoms with van der Waals surface area (Å²) in [6.07, 6.45) is 1.07. The summed E-state index contributed by atoms with van der Waals surface area (Å²) in [5.74, 6) is -1.59. The van der Waals surface area contributed by atoms with Crippen LogP contribution < -0.4 is 5.56 Å². The highest BCUT2D eigenvalue weighted by Crippen LogP contribution is 2.34. The van der Waals surface area contributed by atoms with Crippen molar-refractivity contribution in [3.05, 3.63) is 58.5 Å². The zero-order valence-electron chi connectivity index (χ0n) is 15.1. The van der Waals surface area contributed by atoms with Crippen LogP contribution in [0.1, 0.15) is 18.4 Å². The lowest BCUT2D eigenvalue weighted by atomic mass is 10.0. The summed E-state index contributed by atoms with van der Waals surface area (Å²) < 4.78 is 55.2. The fourth-order valence-electron chi connectivity index (χ4n) is 3.49. The van der Waals surface area contributed by atoms with Gasteiger partial charge in [0.25, 0.3) is 5.56 Å². The van der Waals surface area contributed by atoms with E-state index in [1.54, 1.807) is 4.90 Å². The monoisotopic (exact) mass is 408 g/mol. The van der Waals surface area contributed by atoms with Gasteiger partial charge in [-0.25, -0.2) is 8.91 Å². The number of benzene rings is 1. The van der Waals surface area contributed by atoms with E-state index in [0.29, 0.717) is 25.2 Å². The van der Waals surface area contributed by atoms with Gasteiger partial charge in [-0.3, -0.25) is 9.59 Å². The number of carbonyl (C=O) groups is 1. The van der Waals surface area contributed by atoms with E-state index < -0.39 is 23.1 Å². The molecule has 0 spiro atoms. The lowest BCUT2D eigenvalue weighted by Crippen LogP contribution is -2.34. The summed E-state index contributed by atoms with van der Waals surface area (Å²) in [5.41, 5.74) is -1.83. The molecule has 152 valence electrons.